The number of hydrogen-bond acceptors (Lipinski definition) is 6. The van der Waals surface area contributed by atoms with E-state index < -0.39 is 5.91 Å². The maximum atomic E-state index is 12.7. The van der Waals surface area contributed by atoms with Crippen LogP contribution in [-0.4, -0.2) is 31.8 Å². The van der Waals surface area contributed by atoms with E-state index in [1.165, 1.54) is 23.1 Å². The van der Waals surface area contributed by atoms with Crippen molar-refractivity contribution in [3.63, 3.8) is 0 Å². The SMILES string of the molecule is CC(=O)Nc1ccc(-c2csc(NC(=O)c3nn(-c4cccc(Cl)c4)nc3C)n2)cc1. The van der Waals surface area contributed by atoms with Gasteiger partial charge in [0.15, 0.2) is 10.8 Å². The largest absolute Gasteiger partial charge is 0.326 e. The molecule has 2 aromatic carbocycles. The van der Waals surface area contributed by atoms with Gasteiger partial charge in [-0.25, -0.2) is 4.98 Å². The molecule has 0 aliphatic carbocycles. The highest BCUT2D eigenvalue weighted by atomic mass is 35.5. The lowest BCUT2D eigenvalue weighted by Gasteiger charge is -2.03. The number of hydrogen-bond donors (Lipinski definition) is 2. The molecule has 2 amide bonds. The van der Waals surface area contributed by atoms with E-state index in [1.54, 1.807) is 43.3 Å². The van der Waals surface area contributed by atoms with Gasteiger partial charge in [-0.1, -0.05) is 29.8 Å². The molecule has 0 saturated heterocycles. The summed E-state index contributed by atoms with van der Waals surface area (Å²) < 4.78 is 0. The van der Waals surface area contributed by atoms with Crippen LogP contribution in [0.15, 0.2) is 53.9 Å². The van der Waals surface area contributed by atoms with Gasteiger partial charge >= 0.3 is 0 Å². The summed E-state index contributed by atoms with van der Waals surface area (Å²) in [6.45, 7) is 3.17. The zero-order valence-corrected chi connectivity index (χ0v) is 18.2. The number of nitrogens with zero attached hydrogens (tertiary/aromatic N) is 4. The van der Waals surface area contributed by atoms with E-state index in [4.69, 9.17) is 11.6 Å². The fraction of sp³-hybridized carbons (Fsp3) is 0.0952. The Hall–Kier alpha value is -3.56. The molecular weight excluding hydrogens is 436 g/mol. The summed E-state index contributed by atoms with van der Waals surface area (Å²) in [5.74, 6) is -0.526. The first-order valence-corrected chi connectivity index (χ1v) is 10.5. The number of nitrogens with one attached hydrogen (secondary N) is 2. The molecule has 31 heavy (non-hydrogen) atoms. The van der Waals surface area contributed by atoms with Crippen molar-refractivity contribution in [3.05, 3.63) is 70.3 Å². The molecule has 0 radical (unpaired) electrons. The van der Waals surface area contributed by atoms with Crippen molar-refractivity contribution in [1.29, 1.82) is 0 Å². The first-order chi connectivity index (χ1) is 14.9. The van der Waals surface area contributed by atoms with Gasteiger partial charge in [-0.3, -0.25) is 14.9 Å². The first-order valence-electron chi connectivity index (χ1n) is 9.24. The minimum atomic E-state index is -0.396. The summed E-state index contributed by atoms with van der Waals surface area (Å²) in [6.07, 6.45) is 0. The van der Waals surface area contributed by atoms with E-state index in [0.29, 0.717) is 32.9 Å². The molecule has 156 valence electrons. The fourth-order valence-electron chi connectivity index (χ4n) is 2.85. The monoisotopic (exact) mass is 452 g/mol. The quantitative estimate of drug-likeness (QED) is 0.462. The van der Waals surface area contributed by atoms with Crippen LogP contribution in [0.2, 0.25) is 5.02 Å². The van der Waals surface area contributed by atoms with E-state index >= 15 is 0 Å². The topological polar surface area (TPSA) is 102 Å². The van der Waals surface area contributed by atoms with E-state index in [1.807, 2.05) is 17.5 Å². The molecule has 0 spiro atoms. The van der Waals surface area contributed by atoms with Crippen molar-refractivity contribution in [1.82, 2.24) is 20.0 Å². The van der Waals surface area contributed by atoms with Crippen LogP contribution in [0.5, 0.6) is 0 Å². The van der Waals surface area contributed by atoms with Crippen LogP contribution in [-0.2, 0) is 4.79 Å². The van der Waals surface area contributed by atoms with Gasteiger partial charge in [0.2, 0.25) is 5.91 Å². The van der Waals surface area contributed by atoms with E-state index in [2.05, 4.69) is 25.8 Å². The van der Waals surface area contributed by atoms with Crippen LogP contribution in [0, 0.1) is 6.92 Å². The summed E-state index contributed by atoms with van der Waals surface area (Å²) >= 11 is 7.33. The Labute approximate surface area is 186 Å². The molecule has 2 aromatic heterocycles. The van der Waals surface area contributed by atoms with Gasteiger partial charge in [0.05, 0.1) is 17.1 Å². The average Bonchev–Trinajstić information content (AvgIpc) is 3.35. The lowest BCUT2D eigenvalue weighted by atomic mass is 10.1. The molecule has 0 fully saturated rings. The average molecular weight is 453 g/mol. The Bertz CT molecular complexity index is 1270. The highest BCUT2D eigenvalue weighted by Gasteiger charge is 2.18. The molecule has 0 aliphatic rings. The molecule has 0 aliphatic heterocycles. The summed E-state index contributed by atoms with van der Waals surface area (Å²) in [5, 5.41) is 16.9. The van der Waals surface area contributed by atoms with Crippen molar-refractivity contribution in [2.24, 2.45) is 0 Å². The Kier molecular flexibility index (Phi) is 5.79. The summed E-state index contributed by atoms with van der Waals surface area (Å²) in [7, 11) is 0. The Morgan fingerprint density at radius 3 is 2.55 bits per heavy atom. The van der Waals surface area contributed by atoms with Crippen molar-refractivity contribution in [3.8, 4) is 16.9 Å². The molecule has 0 atom stereocenters. The number of aromatic nitrogens is 4. The highest BCUT2D eigenvalue weighted by Crippen LogP contribution is 2.26. The van der Waals surface area contributed by atoms with Crippen molar-refractivity contribution >= 4 is 45.6 Å². The molecular formula is C21H17ClN6O2S. The number of rotatable bonds is 5. The number of carbonyl (C=O) groups is 2. The molecule has 4 rings (SSSR count). The van der Waals surface area contributed by atoms with Crippen LogP contribution in [0.25, 0.3) is 16.9 Å². The summed E-state index contributed by atoms with van der Waals surface area (Å²) in [6, 6.07) is 14.4. The van der Waals surface area contributed by atoms with Gasteiger partial charge in [-0.05, 0) is 37.3 Å². The van der Waals surface area contributed by atoms with Crippen molar-refractivity contribution in [2.45, 2.75) is 13.8 Å². The van der Waals surface area contributed by atoms with E-state index in [-0.39, 0.29) is 11.6 Å². The maximum absolute atomic E-state index is 12.7. The van der Waals surface area contributed by atoms with E-state index in [9.17, 15) is 9.59 Å². The predicted molar refractivity (Wildman–Crippen MR) is 121 cm³/mol. The lowest BCUT2D eigenvalue weighted by molar-refractivity contribution is -0.114. The number of carbonyl (C=O) groups excluding carboxylic acids is 2. The number of aryl methyl sites for hydroxylation is 1. The van der Waals surface area contributed by atoms with Gasteiger partial charge < -0.3 is 5.32 Å². The normalized spacial score (nSPS) is 10.7. The fourth-order valence-corrected chi connectivity index (χ4v) is 3.75. The smallest absolute Gasteiger partial charge is 0.279 e. The maximum Gasteiger partial charge on any atom is 0.279 e. The Morgan fingerprint density at radius 2 is 1.84 bits per heavy atom. The van der Waals surface area contributed by atoms with Gasteiger partial charge in [-0.2, -0.15) is 9.90 Å². The van der Waals surface area contributed by atoms with Crippen LogP contribution in [0.1, 0.15) is 23.1 Å². The second-order valence-corrected chi connectivity index (χ2v) is 7.95. The molecule has 0 unspecified atom stereocenters. The van der Waals surface area contributed by atoms with E-state index in [0.717, 1.165) is 5.56 Å². The Balaban J connectivity index is 1.49. The third-order valence-electron chi connectivity index (χ3n) is 4.26. The Morgan fingerprint density at radius 1 is 1.06 bits per heavy atom. The van der Waals surface area contributed by atoms with Gasteiger partial charge in [0.1, 0.15) is 0 Å². The second kappa shape index (κ2) is 8.66. The first kappa shape index (κ1) is 20.7. The molecule has 2 N–H and O–H groups in total. The zero-order valence-electron chi connectivity index (χ0n) is 16.6. The summed E-state index contributed by atoms with van der Waals surface area (Å²) in [4.78, 5) is 29.7. The van der Waals surface area contributed by atoms with Crippen molar-refractivity contribution < 1.29 is 9.59 Å². The number of thiazole rings is 1. The van der Waals surface area contributed by atoms with Gasteiger partial charge in [0.25, 0.3) is 5.91 Å². The molecule has 0 bridgehead atoms. The van der Waals surface area contributed by atoms with Gasteiger partial charge in [-0.15, -0.1) is 16.4 Å². The molecule has 2 heterocycles. The zero-order chi connectivity index (χ0) is 22.0. The van der Waals surface area contributed by atoms with Crippen LogP contribution in [0.4, 0.5) is 10.8 Å². The lowest BCUT2D eigenvalue weighted by Crippen LogP contribution is -2.14. The molecule has 10 heteroatoms. The molecule has 8 nitrogen and oxygen atoms in total. The standard InChI is InChI=1S/C21H17ClN6O2S/c1-12-19(27-28(26-12)17-5-3-4-15(22)10-17)20(30)25-21-24-18(11-31-21)14-6-8-16(9-7-14)23-13(2)29/h3-11H,1-2H3,(H,23,29)(H,24,25,30). The number of amides is 2. The van der Waals surface area contributed by atoms with Crippen LogP contribution >= 0.6 is 22.9 Å². The number of anilines is 2. The second-order valence-electron chi connectivity index (χ2n) is 6.65. The van der Waals surface area contributed by atoms with Gasteiger partial charge in [0, 0.05) is 28.6 Å². The third-order valence-corrected chi connectivity index (χ3v) is 5.25. The molecule has 0 saturated carbocycles. The summed E-state index contributed by atoms with van der Waals surface area (Å²) in [5.41, 5.74) is 3.65. The predicted octanol–water partition coefficient (Wildman–Crippen LogP) is 4.56. The van der Waals surface area contributed by atoms with Crippen LogP contribution < -0.4 is 10.6 Å². The molecule has 4 aromatic rings. The van der Waals surface area contributed by atoms with Crippen molar-refractivity contribution in [2.75, 3.05) is 10.6 Å². The number of benzene rings is 2. The minimum Gasteiger partial charge on any atom is -0.326 e. The van der Waals surface area contributed by atoms with Crippen LogP contribution in [0.3, 0.4) is 0 Å². The minimum absolute atomic E-state index is 0.131. The highest BCUT2D eigenvalue weighted by molar-refractivity contribution is 7.14. The third kappa shape index (κ3) is 4.79. The number of halogens is 1.